The first-order valence-corrected chi connectivity index (χ1v) is 8.32. The molecular formula is C20H15N5O2. The highest BCUT2D eigenvalue weighted by Gasteiger charge is 2.13. The lowest BCUT2D eigenvalue weighted by Crippen LogP contribution is -2.13. The van der Waals surface area contributed by atoms with E-state index in [0.717, 1.165) is 11.1 Å². The Hall–Kier alpha value is -3.87. The minimum atomic E-state index is -0.202. The van der Waals surface area contributed by atoms with Gasteiger partial charge in [0.25, 0.3) is 5.91 Å². The number of hydrogen-bond donors (Lipinski definition) is 1. The molecule has 1 N–H and O–H groups in total. The molecule has 0 atom stereocenters. The number of hydrogen-bond acceptors (Lipinski definition) is 6. The summed E-state index contributed by atoms with van der Waals surface area (Å²) in [5, 5.41) is 6.92. The zero-order valence-electron chi connectivity index (χ0n) is 14.2. The van der Waals surface area contributed by atoms with Crippen LogP contribution in [0.5, 0.6) is 0 Å². The van der Waals surface area contributed by atoms with Gasteiger partial charge in [0, 0.05) is 41.6 Å². The molecule has 132 valence electrons. The molecule has 7 nitrogen and oxygen atoms in total. The maximum atomic E-state index is 12.4. The lowest BCUT2D eigenvalue weighted by atomic mass is 10.1. The van der Waals surface area contributed by atoms with E-state index >= 15 is 0 Å². The van der Waals surface area contributed by atoms with Crippen LogP contribution < -0.4 is 5.32 Å². The van der Waals surface area contributed by atoms with Gasteiger partial charge < -0.3 is 9.84 Å². The van der Waals surface area contributed by atoms with E-state index in [1.165, 1.54) is 0 Å². The van der Waals surface area contributed by atoms with Gasteiger partial charge in [-0.1, -0.05) is 23.4 Å². The fourth-order valence-corrected chi connectivity index (χ4v) is 2.60. The fraction of sp³-hybridized carbons (Fsp3) is 0.0500. The Balaban J connectivity index is 1.54. The van der Waals surface area contributed by atoms with Crippen molar-refractivity contribution >= 4 is 11.6 Å². The van der Waals surface area contributed by atoms with E-state index in [2.05, 4.69) is 25.4 Å². The van der Waals surface area contributed by atoms with Crippen LogP contribution in [0.15, 0.2) is 77.8 Å². The summed E-state index contributed by atoms with van der Waals surface area (Å²) in [4.78, 5) is 24.8. The van der Waals surface area contributed by atoms with Crippen molar-refractivity contribution in [1.29, 1.82) is 0 Å². The molecule has 0 saturated heterocycles. The third-order valence-electron chi connectivity index (χ3n) is 3.94. The Labute approximate surface area is 155 Å². The van der Waals surface area contributed by atoms with Crippen LogP contribution in [0.2, 0.25) is 0 Å². The number of anilines is 1. The van der Waals surface area contributed by atoms with Gasteiger partial charge in [-0.2, -0.15) is 4.98 Å². The molecule has 0 unspecified atom stereocenters. The van der Waals surface area contributed by atoms with E-state index < -0.39 is 0 Å². The van der Waals surface area contributed by atoms with Gasteiger partial charge in [-0.3, -0.25) is 14.8 Å². The van der Waals surface area contributed by atoms with Crippen LogP contribution in [0.3, 0.4) is 0 Å². The average Bonchev–Trinajstić information content (AvgIpc) is 3.19. The molecule has 3 aromatic heterocycles. The molecule has 0 fully saturated rings. The van der Waals surface area contributed by atoms with Crippen molar-refractivity contribution in [2.24, 2.45) is 0 Å². The van der Waals surface area contributed by atoms with Gasteiger partial charge in [-0.15, -0.1) is 0 Å². The smallest absolute Gasteiger partial charge is 0.255 e. The first-order chi connectivity index (χ1) is 13.3. The van der Waals surface area contributed by atoms with E-state index in [-0.39, 0.29) is 5.91 Å². The zero-order chi connectivity index (χ0) is 18.5. The second kappa shape index (κ2) is 7.57. The minimum Gasteiger partial charge on any atom is -0.339 e. The predicted octanol–water partition coefficient (Wildman–Crippen LogP) is 3.37. The first-order valence-electron chi connectivity index (χ1n) is 8.32. The largest absolute Gasteiger partial charge is 0.339 e. The highest BCUT2D eigenvalue weighted by atomic mass is 16.5. The van der Waals surface area contributed by atoms with E-state index in [9.17, 15) is 4.79 Å². The molecule has 1 aromatic carbocycles. The highest BCUT2D eigenvalue weighted by Crippen LogP contribution is 2.21. The summed E-state index contributed by atoms with van der Waals surface area (Å²) in [6.07, 6.45) is 6.93. The van der Waals surface area contributed by atoms with Crippen molar-refractivity contribution in [3.63, 3.8) is 0 Å². The number of nitrogens with one attached hydrogen (secondary N) is 1. The van der Waals surface area contributed by atoms with Gasteiger partial charge in [0.2, 0.25) is 11.7 Å². The van der Waals surface area contributed by atoms with Gasteiger partial charge in [0.05, 0.1) is 6.42 Å². The van der Waals surface area contributed by atoms with Crippen LogP contribution in [0.4, 0.5) is 5.69 Å². The van der Waals surface area contributed by atoms with Gasteiger partial charge in [-0.25, -0.2) is 0 Å². The van der Waals surface area contributed by atoms with Crippen LogP contribution >= 0.6 is 0 Å². The fourth-order valence-electron chi connectivity index (χ4n) is 2.60. The number of benzene rings is 1. The summed E-state index contributed by atoms with van der Waals surface area (Å²) < 4.78 is 5.36. The topological polar surface area (TPSA) is 93.8 Å². The Bertz CT molecular complexity index is 1050. The van der Waals surface area contributed by atoms with Gasteiger partial charge in [0.15, 0.2) is 0 Å². The molecular weight excluding hydrogens is 342 g/mol. The summed E-state index contributed by atoms with van der Waals surface area (Å²) in [6, 6.07) is 14.5. The summed E-state index contributed by atoms with van der Waals surface area (Å²) in [5.41, 5.74) is 2.89. The average molecular weight is 357 g/mol. The second-order valence-corrected chi connectivity index (χ2v) is 5.78. The maximum Gasteiger partial charge on any atom is 0.255 e. The Kier molecular flexibility index (Phi) is 4.65. The van der Waals surface area contributed by atoms with Crippen LogP contribution in [-0.4, -0.2) is 26.0 Å². The van der Waals surface area contributed by atoms with E-state index in [0.29, 0.717) is 29.4 Å². The summed E-state index contributed by atoms with van der Waals surface area (Å²) >= 11 is 0. The quantitative estimate of drug-likeness (QED) is 0.588. The lowest BCUT2D eigenvalue weighted by molar-refractivity contribution is 0.102. The van der Waals surface area contributed by atoms with E-state index in [4.69, 9.17) is 4.52 Å². The molecule has 7 heteroatoms. The predicted molar refractivity (Wildman–Crippen MR) is 99.0 cm³/mol. The van der Waals surface area contributed by atoms with Crippen LogP contribution in [0, 0.1) is 0 Å². The third-order valence-corrected chi connectivity index (χ3v) is 3.94. The Morgan fingerprint density at radius 2 is 1.81 bits per heavy atom. The van der Waals surface area contributed by atoms with Crippen LogP contribution in [-0.2, 0) is 6.42 Å². The van der Waals surface area contributed by atoms with E-state index in [1.54, 1.807) is 36.9 Å². The molecule has 1 amide bonds. The van der Waals surface area contributed by atoms with Crippen LogP contribution in [0.25, 0.3) is 11.4 Å². The van der Waals surface area contributed by atoms with Gasteiger partial charge in [0.1, 0.15) is 0 Å². The number of nitrogens with zero attached hydrogens (tertiary/aromatic N) is 4. The first kappa shape index (κ1) is 16.6. The van der Waals surface area contributed by atoms with E-state index in [1.807, 2.05) is 36.4 Å². The Morgan fingerprint density at radius 3 is 2.63 bits per heavy atom. The molecule has 0 saturated carbocycles. The monoisotopic (exact) mass is 357 g/mol. The number of aromatic nitrogens is 4. The number of amides is 1. The molecule has 4 aromatic rings. The standard InChI is InChI=1S/C20H15N5O2/c26-20(14-7-10-21-11-8-14)23-17-6-2-1-4-15(17)12-18-24-19(25-27-18)16-5-3-9-22-13-16/h1-11,13H,12H2,(H,23,26). The van der Waals surface area contributed by atoms with Crippen molar-refractivity contribution in [1.82, 2.24) is 20.1 Å². The molecule has 0 bridgehead atoms. The van der Waals surface area contributed by atoms with Crippen molar-refractivity contribution < 1.29 is 9.32 Å². The number of carbonyl (C=O) groups excluding carboxylic acids is 1. The normalized spacial score (nSPS) is 10.5. The molecule has 0 aliphatic rings. The number of pyridine rings is 2. The second-order valence-electron chi connectivity index (χ2n) is 5.78. The van der Waals surface area contributed by atoms with Crippen molar-refractivity contribution in [3.8, 4) is 11.4 Å². The molecule has 0 radical (unpaired) electrons. The van der Waals surface area contributed by atoms with Gasteiger partial charge >= 0.3 is 0 Å². The summed E-state index contributed by atoms with van der Waals surface area (Å²) in [5.74, 6) is 0.738. The van der Waals surface area contributed by atoms with Crippen LogP contribution in [0.1, 0.15) is 21.8 Å². The molecule has 0 aliphatic carbocycles. The van der Waals surface area contributed by atoms with Gasteiger partial charge in [-0.05, 0) is 35.9 Å². The maximum absolute atomic E-state index is 12.4. The SMILES string of the molecule is O=C(Nc1ccccc1Cc1nc(-c2cccnc2)no1)c1ccncc1. The number of para-hydroxylation sites is 1. The Morgan fingerprint density at radius 1 is 0.963 bits per heavy atom. The molecule has 0 aliphatic heterocycles. The molecule has 0 spiro atoms. The third kappa shape index (κ3) is 3.87. The lowest BCUT2D eigenvalue weighted by Gasteiger charge is -2.09. The summed E-state index contributed by atoms with van der Waals surface area (Å²) in [7, 11) is 0. The van der Waals surface area contributed by atoms with Crippen molar-refractivity contribution in [2.45, 2.75) is 6.42 Å². The van der Waals surface area contributed by atoms with Crippen molar-refractivity contribution in [3.05, 3.63) is 90.3 Å². The molecule has 27 heavy (non-hydrogen) atoms. The highest BCUT2D eigenvalue weighted by molar-refractivity contribution is 6.04. The zero-order valence-corrected chi connectivity index (χ0v) is 14.2. The molecule has 4 rings (SSSR count). The number of carbonyl (C=O) groups is 1. The number of rotatable bonds is 5. The molecule has 3 heterocycles. The minimum absolute atomic E-state index is 0.202. The summed E-state index contributed by atoms with van der Waals surface area (Å²) in [6.45, 7) is 0. The van der Waals surface area contributed by atoms with Crippen molar-refractivity contribution in [2.75, 3.05) is 5.32 Å².